The zero-order valence-corrected chi connectivity index (χ0v) is 13.9. The number of piperazine rings is 1. The van der Waals surface area contributed by atoms with Gasteiger partial charge < -0.3 is 9.80 Å². The van der Waals surface area contributed by atoms with Crippen LogP contribution in [0.2, 0.25) is 0 Å². The number of halogens is 1. The number of benzene rings is 1. The molecule has 2 heterocycles. The van der Waals surface area contributed by atoms with E-state index in [0.29, 0.717) is 44.7 Å². The van der Waals surface area contributed by atoms with E-state index >= 15 is 0 Å². The average Bonchev–Trinajstić information content (AvgIpc) is 2.67. The van der Waals surface area contributed by atoms with Crippen molar-refractivity contribution in [2.45, 2.75) is 12.8 Å². The van der Waals surface area contributed by atoms with Crippen LogP contribution < -0.4 is 0 Å². The summed E-state index contributed by atoms with van der Waals surface area (Å²) in [6, 6.07) is 11.5. The molecule has 1 aromatic heterocycles. The van der Waals surface area contributed by atoms with E-state index in [0.717, 1.165) is 5.56 Å². The van der Waals surface area contributed by atoms with Gasteiger partial charge in [-0.15, -0.1) is 0 Å². The Labute approximate surface area is 146 Å². The van der Waals surface area contributed by atoms with Crippen LogP contribution in [0, 0.1) is 5.82 Å². The molecule has 1 aliphatic rings. The summed E-state index contributed by atoms with van der Waals surface area (Å²) in [5.74, 6) is -0.308. The molecule has 0 unspecified atom stereocenters. The fourth-order valence-corrected chi connectivity index (χ4v) is 2.87. The number of amides is 2. The molecule has 1 aliphatic heterocycles. The highest BCUT2D eigenvalue weighted by Crippen LogP contribution is 2.11. The fourth-order valence-electron chi connectivity index (χ4n) is 2.87. The molecule has 25 heavy (non-hydrogen) atoms. The maximum Gasteiger partial charge on any atom is 0.272 e. The monoisotopic (exact) mass is 341 g/mol. The molecular weight excluding hydrogens is 321 g/mol. The van der Waals surface area contributed by atoms with Crippen LogP contribution in [0.4, 0.5) is 4.39 Å². The van der Waals surface area contributed by atoms with E-state index in [1.54, 1.807) is 46.3 Å². The summed E-state index contributed by atoms with van der Waals surface area (Å²) >= 11 is 0. The number of nitrogens with zero attached hydrogens (tertiary/aromatic N) is 3. The summed E-state index contributed by atoms with van der Waals surface area (Å²) < 4.78 is 12.9. The fraction of sp³-hybridized carbons (Fsp3) is 0.316. The van der Waals surface area contributed by atoms with Gasteiger partial charge >= 0.3 is 0 Å². The number of rotatable bonds is 4. The van der Waals surface area contributed by atoms with Gasteiger partial charge in [0, 0.05) is 38.8 Å². The number of hydrogen-bond acceptors (Lipinski definition) is 3. The number of pyridine rings is 1. The van der Waals surface area contributed by atoms with E-state index in [2.05, 4.69) is 4.98 Å². The van der Waals surface area contributed by atoms with Crippen LogP contribution in [0.5, 0.6) is 0 Å². The average molecular weight is 341 g/mol. The lowest BCUT2D eigenvalue weighted by Gasteiger charge is -2.34. The van der Waals surface area contributed by atoms with Gasteiger partial charge in [-0.1, -0.05) is 18.2 Å². The molecule has 0 spiro atoms. The first kappa shape index (κ1) is 17.1. The highest BCUT2D eigenvalue weighted by Gasteiger charge is 2.25. The summed E-state index contributed by atoms with van der Waals surface area (Å²) in [5.41, 5.74) is 1.37. The molecule has 0 radical (unpaired) electrons. The second-order valence-corrected chi connectivity index (χ2v) is 6.01. The Balaban J connectivity index is 1.47. The normalized spacial score (nSPS) is 14.4. The summed E-state index contributed by atoms with van der Waals surface area (Å²) in [6.07, 6.45) is 2.58. The van der Waals surface area contributed by atoms with Crippen molar-refractivity contribution < 1.29 is 14.0 Å². The molecule has 0 N–H and O–H groups in total. The molecule has 3 rings (SSSR count). The smallest absolute Gasteiger partial charge is 0.272 e. The number of carbonyl (C=O) groups is 2. The van der Waals surface area contributed by atoms with Crippen molar-refractivity contribution in [3.8, 4) is 0 Å². The van der Waals surface area contributed by atoms with E-state index in [4.69, 9.17) is 0 Å². The first-order valence-electron chi connectivity index (χ1n) is 8.36. The quantitative estimate of drug-likeness (QED) is 0.856. The van der Waals surface area contributed by atoms with Crippen molar-refractivity contribution in [2.75, 3.05) is 26.2 Å². The Kier molecular flexibility index (Phi) is 5.38. The lowest BCUT2D eigenvalue weighted by Crippen LogP contribution is -2.50. The molecule has 0 atom stereocenters. The van der Waals surface area contributed by atoms with Crippen molar-refractivity contribution in [1.82, 2.24) is 14.8 Å². The minimum atomic E-state index is -0.274. The van der Waals surface area contributed by atoms with Crippen LogP contribution in [0.3, 0.4) is 0 Å². The Morgan fingerprint density at radius 2 is 1.64 bits per heavy atom. The predicted molar refractivity (Wildman–Crippen MR) is 91.4 cm³/mol. The minimum Gasteiger partial charge on any atom is -0.339 e. The molecular formula is C19H20FN3O2. The van der Waals surface area contributed by atoms with Crippen LogP contribution >= 0.6 is 0 Å². The first-order chi connectivity index (χ1) is 12.1. The molecule has 1 fully saturated rings. The van der Waals surface area contributed by atoms with E-state index in [1.807, 2.05) is 0 Å². The molecule has 130 valence electrons. The van der Waals surface area contributed by atoms with Gasteiger partial charge in [-0.2, -0.15) is 0 Å². The maximum atomic E-state index is 12.9. The molecule has 1 saturated heterocycles. The highest BCUT2D eigenvalue weighted by atomic mass is 19.1. The molecule has 2 amide bonds. The minimum absolute atomic E-state index is 0.0641. The molecule has 0 saturated carbocycles. The predicted octanol–water partition coefficient (Wildman–Crippen LogP) is 2.14. The third kappa shape index (κ3) is 4.41. The summed E-state index contributed by atoms with van der Waals surface area (Å²) in [5, 5.41) is 0. The van der Waals surface area contributed by atoms with Crippen molar-refractivity contribution in [1.29, 1.82) is 0 Å². The van der Waals surface area contributed by atoms with E-state index in [-0.39, 0.29) is 17.6 Å². The molecule has 2 aromatic rings. The number of carbonyl (C=O) groups excluding carboxylic acids is 2. The Morgan fingerprint density at radius 3 is 2.28 bits per heavy atom. The van der Waals surface area contributed by atoms with Gasteiger partial charge in [0.15, 0.2) is 0 Å². The number of aromatic nitrogens is 1. The van der Waals surface area contributed by atoms with E-state index in [1.165, 1.54) is 12.1 Å². The largest absolute Gasteiger partial charge is 0.339 e. The Bertz CT molecular complexity index is 726. The maximum absolute atomic E-state index is 12.9. The number of hydrogen-bond donors (Lipinski definition) is 0. The zero-order valence-electron chi connectivity index (χ0n) is 13.9. The topological polar surface area (TPSA) is 53.5 Å². The van der Waals surface area contributed by atoms with Crippen molar-refractivity contribution in [3.63, 3.8) is 0 Å². The third-order valence-corrected chi connectivity index (χ3v) is 4.34. The van der Waals surface area contributed by atoms with Crippen LogP contribution in [-0.4, -0.2) is 52.8 Å². The number of aryl methyl sites for hydroxylation is 1. The van der Waals surface area contributed by atoms with Gasteiger partial charge in [0.2, 0.25) is 5.91 Å². The SMILES string of the molecule is O=C(CCc1ccc(F)cc1)N1CCN(C(=O)c2ccccn2)CC1. The molecule has 1 aromatic carbocycles. The lowest BCUT2D eigenvalue weighted by molar-refractivity contribution is -0.132. The van der Waals surface area contributed by atoms with Crippen LogP contribution in [0.25, 0.3) is 0 Å². The Hall–Kier alpha value is -2.76. The Morgan fingerprint density at radius 1 is 0.960 bits per heavy atom. The van der Waals surface area contributed by atoms with E-state index in [9.17, 15) is 14.0 Å². The van der Waals surface area contributed by atoms with Gasteiger partial charge in [0.1, 0.15) is 11.5 Å². The second-order valence-electron chi connectivity index (χ2n) is 6.01. The molecule has 5 nitrogen and oxygen atoms in total. The summed E-state index contributed by atoms with van der Waals surface area (Å²) in [4.78, 5) is 32.3. The van der Waals surface area contributed by atoms with E-state index < -0.39 is 0 Å². The third-order valence-electron chi connectivity index (χ3n) is 4.34. The van der Waals surface area contributed by atoms with Gasteiger partial charge in [0.05, 0.1) is 0 Å². The molecule has 6 heteroatoms. The van der Waals surface area contributed by atoms with Gasteiger partial charge in [-0.05, 0) is 36.2 Å². The van der Waals surface area contributed by atoms with Crippen molar-refractivity contribution in [2.24, 2.45) is 0 Å². The van der Waals surface area contributed by atoms with Crippen molar-refractivity contribution >= 4 is 11.8 Å². The molecule has 0 aliphatic carbocycles. The van der Waals surface area contributed by atoms with Gasteiger partial charge in [-0.3, -0.25) is 14.6 Å². The molecule has 0 bridgehead atoms. The second kappa shape index (κ2) is 7.88. The van der Waals surface area contributed by atoms with Crippen LogP contribution in [0.15, 0.2) is 48.7 Å². The van der Waals surface area contributed by atoms with Crippen LogP contribution in [0.1, 0.15) is 22.5 Å². The zero-order chi connectivity index (χ0) is 17.6. The van der Waals surface area contributed by atoms with Crippen molar-refractivity contribution in [3.05, 3.63) is 65.7 Å². The van der Waals surface area contributed by atoms with Crippen LogP contribution in [-0.2, 0) is 11.2 Å². The first-order valence-corrected chi connectivity index (χ1v) is 8.36. The van der Waals surface area contributed by atoms with Gasteiger partial charge in [0.25, 0.3) is 5.91 Å². The van der Waals surface area contributed by atoms with Gasteiger partial charge in [-0.25, -0.2) is 4.39 Å². The lowest BCUT2D eigenvalue weighted by atomic mass is 10.1. The summed E-state index contributed by atoms with van der Waals surface area (Å²) in [6.45, 7) is 2.08. The standard InChI is InChI=1S/C19H20FN3O2/c20-16-7-4-15(5-8-16)6-9-18(24)22-11-13-23(14-12-22)19(25)17-3-1-2-10-21-17/h1-5,7-8,10H,6,9,11-14H2. The summed E-state index contributed by atoms with van der Waals surface area (Å²) in [7, 11) is 0. The highest BCUT2D eigenvalue weighted by molar-refractivity contribution is 5.92.